The Bertz CT molecular complexity index is 581. The molecule has 1 unspecified atom stereocenters. The normalized spacial score (nSPS) is 26.6. The van der Waals surface area contributed by atoms with E-state index in [2.05, 4.69) is 25.1 Å². The molecule has 0 N–H and O–H groups in total. The molecule has 2 aliphatic rings. The van der Waals surface area contributed by atoms with Crippen LogP contribution in [0, 0.1) is 0 Å². The Morgan fingerprint density at radius 1 is 1.16 bits per heavy atom. The summed E-state index contributed by atoms with van der Waals surface area (Å²) in [6.45, 7) is 4.08. The van der Waals surface area contributed by atoms with Gasteiger partial charge in [-0.25, -0.2) is 0 Å². The summed E-state index contributed by atoms with van der Waals surface area (Å²) in [6, 6.07) is 10.2. The molecule has 98 valence electrons. The van der Waals surface area contributed by atoms with E-state index in [-0.39, 0.29) is 5.78 Å². The lowest BCUT2D eigenvalue weighted by atomic mass is 9.84. The van der Waals surface area contributed by atoms with Gasteiger partial charge in [0.15, 0.2) is 5.78 Å². The molecular weight excluding hydrogens is 236 g/mol. The van der Waals surface area contributed by atoms with Gasteiger partial charge in [-0.1, -0.05) is 30.3 Å². The molecule has 0 saturated heterocycles. The van der Waals surface area contributed by atoms with Crippen molar-refractivity contribution in [2.24, 2.45) is 0 Å². The zero-order chi connectivity index (χ0) is 13.5. The third kappa shape index (κ3) is 2.01. The molecule has 1 heterocycles. The summed E-state index contributed by atoms with van der Waals surface area (Å²) in [5, 5.41) is 0. The van der Waals surface area contributed by atoms with Crippen molar-refractivity contribution in [1.82, 2.24) is 0 Å². The smallest absolute Gasteiger partial charge is 0.166 e. The minimum absolute atomic E-state index is 0.227. The first-order chi connectivity index (χ1) is 9.10. The molecule has 0 aromatic heterocycles. The summed E-state index contributed by atoms with van der Waals surface area (Å²) in [5.74, 6) is 1.10. The average Bonchev–Trinajstić information content (AvgIpc) is 2.39. The van der Waals surface area contributed by atoms with Crippen LogP contribution >= 0.6 is 0 Å². The summed E-state index contributed by atoms with van der Waals surface area (Å²) >= 11 is 0. The first-order valence-corrected chi connectivity index (χ1v) is 6.81. The average molecular weight is 254 g/mol. The molecule has 1 aliphatic heterocycles. The van der Waals surface area contributed by atoms with E-state index in [0.29, 0.717) is 6.42 Å². The van der Waals surface area contributed by atoms with Gasteiger partial charge in [0.25, 0.3) is 0 Å². The number of carbonyl (C=O) groups excluding carboxylic acids is 1. The molecule has 2 nitrogen and oxygen atoms in total. The number of Topliss-reactive ketones (excluding diaryl/α,β-unsaturated/α-hetero) is 1. The van der Waals surface area contributed by atoms with Crippen molar-refractivity contribution in [2.45, 2.75) is 38.7 Å². The predicted octanol–water partition coefficient (Wildman–Crippen LogP) is 3.89. The molecule has 2 heteroatoms. The molecule has 1 aromatic rings. The van der Waals surface area contributed by atoms with Crippen molar-refractivity contribution < 1.29 is 9.53 Å². The minimum atomic E-state index is -0.457. The fraction of sp³-hybridized carbons (Fsp3) is 0.353. The van der Waals surface area contributed by atoms with Crippen LogP contribution in [0.1, 0.15) is 38.7 Å². The third-order valence-electron chi connectivity index (χ3n) is 3.93. The number of benzene rings is 1. The maximum atomic E-state index is 12.0. The van der Waals surface area contributed by atoms with Gasteiger partial charge in [0.05, 0.1) is 5.57 Å². The first-order valence-electron chi connectivity index (χ1n) is 6.81. The van der Waals surface area contributed by atoms with Crippen molar-refractivity contribution in [3.05, 3.63) is 58.9 Å². The number of rotatable bonds is 1. The summed E-state index contributed by atoms with van der Waals surface area (Å²) in [7, 11) is 0. The van der Waals surface area contributed by atoms with Crippen molar-refractivity contribution in [3.63, 3.8) is 0 Å². The molecule has 1 atom stereocenters. The van der Waals surface area contributed by atoms with Gasteiger partial charge in [0.1, 0.15) is 11.4 Å². The molecule has 1 aliphatic carbocycles. The fourth-order valence-corrected chi connectivity index (χ4v) is 3.04. The Kier molecular flexibility index (Phi) is 2.81. The van der Waals surface area contributed by atoms with Gasteiger partial charge in [-0.15, -0.1) is 0 Å². The van der Waals surface area contributed by atoms with Crippen LogP contribution in [0.4, 0.5) is 0 Å². The highest BCUT2D eigenvalue weighted by Crippen LogP contribution is 2.41. The van der Waals surface area contributed by atoms with E-state index >= 15 is 0 Å². The Balaban J connectivity index is 2.04. The third-order valence-corrected chi connectivity index (χ3v) is 3.93. The van der Waals surface area contributed by atoms with E-state index < -0.39 is 5.60 Å². The highest BCUT2D eigenvalue weighted by atomic mass is 16.5. The second-order valence-electron chi connectivity index (χ2n) is 5.48. The van der Waals surface area contributed by atoms with Gasteiger partial charge in [-0.3, -0.25) is 4.79 Å². The van der Waals surface area contributed by atoms with Gasteiger partial charge in [0, 0.05) is 12.8 Å². The molecular formula is C17H18O2. The molecule has 0 fully saturated rings. The number of ketones is 1. The van der Waals surface area contributed by atoms with Crippen LogP contribution in [0.25, 0.3) is 0 Å². The maximum absolute atomic E-state index is 12.0. The van der Waals surface area contributed by atoms with Crippen LogP contribution < -0.4 is 0 Å². The highest BCUT2D eigenvalue weighted by molar-refractivity contribution is 6.00. The molecule has 0 spiro atoms. The molecule has 0 amide bonds. The van der Waals surface area contributed by atoms with Crippen LogP contribution in [0.3, 0.4) is 0 Å². The van der Waals surface area contributed by atoms with E-state index in [1.165, 1.54) is 0 Å². The SMILES string of the molecule is CC1=CC(C)(c2ccccc2)OC2=C1C(=O)CCC2. The summed E-state index contributed by atoms with van der Waals surface area (Å²) in [6.07, 6.45) is 4.49. The van der Waals surface area contributed by atoms with Gasteiger partial charge in [0.2, 0.25) is 0 Å². The zero-order valence-electron chi connectivity index (χ0n) is 11.4. The Morgan fingerprint density at radius 2 is 1.89 bits per heavy atom. The maximum Gasteiger partial charge on any atom is 0.166 e. The van der Waals surface area contributed by atoms with Crippen molar-refractivity contribution in [2.75, 3.05) is 0 Å². The lowest BCUT2D eigenvalue weighted by Gasteiger charge is -2.36. The molecule has 0 saturated carbocycles. The van der Waals surface area contributed by atoms with Gasteiger partial charge < -0.3 is 4.74 Å². The molecule has 0 radical (unpaired) electrons. The summed E-state index contributed by atoms with van der Waals surface area (Å²) in [5.41, 5.74) is 2.54. The fourth-order valence-electron chi connectivity index (χ4n) is 3.04. The number of allylic oxidation sites excluding steroid dienone is 3. The quantitative estimate of drug-likeness (QED) is 0.760. The zero-order valence-corrected chi connectivity index (χ0v) is 11.4. The Labute approximate surface area is 113 Å². The van der Waals surface area contributed by atoms with E-state index in [0.717, 1.165) is 35.3 Å². The lowest BCUT2D eigenvalue weighted by Crippen LogP contribution is -2.30. The van der Waals surface area contributed by atoms with Crippen molar-refractivity contribution in [1.29, 1.82) is 0 Å². The highest BCUT2D eigenvalue weighted by Gasteiger charge is 2.36. The van der Waals surface area contributed by atoms with Crippen LogP contribution in [0.5, 0.6) is 0 Å². The number of hydrogen-bond donors (Lipinski definition) is 0. The number of carbonyl (C=O) groups is 1. The largest absolute Gasteiger partial charge is 0.482 e. The second-order valence-corrected chi connectivity index (χ2v) is 5.48. The summed E-state index contributed by atoms with van der Waals surface area (Å²) in [4.78, 5) is 12.0. The van der Waals surface area contributed by atoms with Crippen molar-refractivity contribution >= 4 is 5.78 Å². The minimum Gasteiger partial charge on any atom is -0.482 e. The van der Waals surface area contributed by atoms with E-state index in [4.69, 9.17) is 4.74 Å². The number of ether oxygens (including phenoxy) is 1. The van der Waals surface area contributed by atoms with Crippen LogP contribution in [-0.4, -0.2) is 5.78 Å². The van der Waals surface area contributed by atoms with Crippen LogP contribution in [0.2, 0.25) is 0 Å². The molecule has 0 bridgehead atoms. The van der Waals surface area contributed by atoms with E-state index in [1.54, 1.807) is 0 Å². The second kappa shape index (κ2) is 4.37. The van der Waals surface area contributed by atoms with Crippen molar-refractivity contribution in [3.8, 4) is 0 Å². The Hall–Kier alpha value is -1.83. The molecule has 3 rings (SSSR count). The monoisotopic (exact) mass is 254 g/mol. The van der Waals surface area contributed by atoms with Crippen LogP contribution in [-0.2, 0) is 15.1 Å². The topological polar surface area (TPSA) is 26.3 Å². The van der Waals surface area contributed by atoms with Gasteiger partial charge in [-0.05, 0) is 37.5 Å². The Morgan fingerprint density at radius 3 is 2.63 bits per heavy atom. The first kappa shape index (κ1) is 12.2. The number of hydrogen-bond acceptors (Lipinski definition) is 2. The van der Waals surface area contributed by atoms with E-state index in [1.807, 2.05) is 25.1 Å². The lowest BCUT2D eigenvalue weighted by molar-refractivity contribution is -0.116. The van der Waals surface area contributed by atoms with Gasteiger partial charge in [-0.2, -0.15) is 0 Å². The molecule has 1 aromatic carbocycles. The van der Waals surface area contributed by atoms with Gasteiger partial charge >= 0.3 is 0 Å². The summed E-state index contributed by atoms with van der Waals surface area (Å²) < 4.78 is 6.19. The van der Waals surface area contributed by atoms with Crippen LogP contribution in [0.15, 0.2) is 53.3 Å². The molecule has 19 heavy (non-hydrogen) atoms. The standard InChI is InChI=1S/C17H18O2/c1-12-11-17(2,13-7-4-3-5-8-13)19-15-10-6-9-14(18)16(12)15/h3-5,7-8,11H,6,9-10H2,1-2H3. The van der Waals surface area contributed by atoms with E-state index in [9.17, 15) is 4.79 Å². The predicted molar refractivity (Wildman–Crippen MR) is 74.5 cm³/mol.